The minimum Gasteiger partial charge on any atom is -0.354 e. The van der Waals surface area contributed by atoms with Crippen molar-refractivity contribution >= 4 is 11.8 Å². The Morgan fingerprint density at radius 3 is 2.35 bits per heavy atom. The van der Waals surface area contributed by atoms with Crippen molar-refractivity contribution in [3.8, 4) is 0 Å². The predicted octanol–water partition coefficient (Wildman–Crippen LogP) is 1.04. The highest BCUT2D eigenvalue weighted by Crippen LogP contribution is 2.07. The molecule has 2 rings (SSSR count). The van der Waals surface area contributed by atoms with Gasteiger partial charge in [0.05, 0.1) is 6.04 Å². The summed E-state index contributed by atoms with van der Waals surface area (Å²) in [6.45, 7) is 6.75. The van der Waals surface area contributed by atoms with Gasteiger partial charge in [0.1, 0.15) is 5.82 Å². The molecule has 0 saturated carbocycles. The Bertz CT molecular complexity index is 539. The summed E-state index contributed by atoms with van der Waals surface area (Å²) in [5.41, 5.74) is 0.995. The van der Waals surface area contributed by atoms with E-state index < -0.39 is 0 Å². The van der Waals surface area contributed by atoms with E-state index in [1.54, 1.807) is 24.0 Å². The van der Waals surface area contributed by atoms with Crippen LogP contribution in [0.4, 0.5) is 4.39 Å². The smallest absolute Gasteiger partial charge is 0.237 e. The first kappa shape index (κ1) is 17.4. The Kier molecular flexibility index (Phi) is 6.10. The molecule has 0 unspecified atom stereocenters. The maximum absolute atomic E-state index is 12.8. The number of rotatable bonds is 5. The number of nitrogens with one attached hydrogen (secondary N) is 1. The van der Waals surface area contributed by atoms with Gasteiger partial charge in [0, 0.05) is 39.6 Å². The molecule has 1 N–H and O–H groups in total. The molecule has 2 amide bonds. The Morgan fingerprint density at radius 1 is 1.17 bits per heavy atom. The van der Waals surface area contributed by atoms with E-state index in [-0.39, 0.29) is 23.7 Å². The number of hydrogen-bond acceptors (Lipinski definition) is 3. The molecule has 126 valence electrons. The number of halogens is 1. The van der Waals surface area contributed by atoms with Crippen LogP contribution in [0.15, 0.2) is 24.3 Å². The van der Waals surface area contributed by atoms with E-state index >= 15 is 0 Å². The van der Waals surface area contributed by atoms with Crippen molar-refractivity contribution < 1.29 is 14.0 Å². The van der Waals surface area contributed by atoms with Crippen LogP contribution in [0.5, 0.6) is 0 Å². The van der Waals surface area contributed by atoms with Gasteiger partial charge in [0.15, 0.2) is 0 Å². The third-order valence-electron chi connectivity index (χ3n) is 4.31. The molecule has 23 heavy (non-hydrogen) atoms. The van der Waals surface area contributed by atoms with Gasteiger partial charge in [-0.3, -0.25) is 14.5 Å². The average Bonchev–Trinajstić information content (AvgIpc) is 2.56. The molecule has 1 fully saturated rings. The zero-order chi connectivity index (χ0) is 16.8. The van der Waals surface area contributed by atoms with Crippen LogP contribution in [0.25, 0.3) is 0 Å². The summed E-state index contributed by atoms with van der Waals surface area (Å²) in [6.07, 6.45) is 0.677. The lowest BCUT2D eigenvalue weighted by Gasteiger charge is -2.37. The van der Waals surface area contributed by atoms with Gasteiger partial charge in [0.25, 0.3) is 0 Å². The Balaban J connectivity index is 1.73. The highest BCUT2D eigenvalue weighted by atomic mass is 19.1. The summed E-state index contributed by atoms with van der Waals surface area (Å²) in [5.74, 6) is -0.180. The first-order valence-corrected chi connectivity index (χ1v) is 7.99. The molecule has 1 heterocycles. The molecule has 5 nitrogen and oxygen atoms in total. The van der Waals surface area contributed by atoms with Gasteiger partial charge < -0.3 is 10.2 Å². The summed E-state index contributed by atoms with van der Waals surface area (Å²) in [4.78, 5) is 27.4. The highest BCUT2D eigenvalue weighted by Gasteiger charge is 2.25. The Hall–Kier alpha value is -1.95. The minimum absolute atomic E-state index is 0.0108. The van der Waals surface area contributed by atoms with Crippen LogP contribution >= 0.6 is 0 Å². The van der Waals surface area contributed by atoms with Crippen molar-refractivity contribution in [1.82, 2.24) is 15.1 Å². The molecule has 1 saturated heterocycles. The summed E-state index contributed by atoms with van der Waals surface area (Å²) < 4.78 is 12.8. The van der Waals surface area contributed by atoms with Crippen LogP contribution in [0.3, 0.4) is 0 Å². The molecule has 0 radical (unpaired) electrons. The molecule has 1 aliphatic rings. The average molecular weight is 321 g/mol. The molecule has 1 aromatic rings. The lowest BCUT2D eigenvalue weighted by Crippen LogP contribution is -2.54. The number of benzene rings is 1. The van der Waals surface area contributed by atoms with Gasteiger partial charge >= 0.3 is 0 Å². The van der Waals surface area contributed by atoms with Gasteiger partial charge in [-0.1, -0.05) is 12.1 Å². The van der Waals surface area contributed by atoms with Crippen molar-refractivity contribution in [2.24, 2.45) is 0 Å². The minimum atomic E-state index is -0.254. The molecule has 0 aliphatic carbocycles. The zero-order valence-corrected chi connectivity index (χ0v) is 13.7. The zero-order valence-electron chi connectivity index (χ0n) is 13.7. The fourth-order valence-electron chi connectivity index (χ4n) is 2.72. The Labute approximate surface area is 136 Å². The highest BCUT2D eigenvalue weighted by molar-refractivity contribution is 5.81. The molecule has 1 aliphatic heterocycles. The summed E-state index contributed by atoms with van der Waals surface area (Å²) >= 11 is 0. The number of carbonyl (C=O) groups excluding carboxylic acids is 2. The summed E-state index contributed by atoms with van der Waals surface area (Å²) in [5, 5.41) is 2.92. The fourth-order valence-corrected chi connectivity index (χ4v) is 2.72. The van der Waals surface area contributed by atoms with Gasteiger partial charge in [-0.25, -0.2) is 4.39 Å². The van der Waals surface area contributed by atoms with Crippen molar-refractivity contribution in [3.05, 3.63) is 35.6 Å². The van der Waals surface area contributed by atoms with E-state index in [0.717, 1.165) is 5.56 Å². The SMILES string of the molecule is CC(=O)N1CCN([C@H](C)C(=O)NCCc2ccc(F)cc2)CC1. The summed E-state index contributed by atoms with van der Waals surface area (Å²) in [7, 11) is 0. The van der Waals surface area contributed by atoms with Crippen molar-refractivity contribution in [3.63, 3.8) is 0 Å². The number of nitrogens with zero attached hydrogens (tertiary/aromatic N) is 2. The van der Waals surface area contributed by atoms with Crippen LogP contribution in [0.1, 0.15) is 19.4 Å². The van der Waals surface area contributed by atoms with Crippen molar-refractivity contribution in [1.29, 1.82) is 0 Å². The number of carbonyl (C=O) groups is 2. The van der Waals surface area contributed by atoms with E-state index in [0.29, 0.717) is 39.1 Å². The van der Waals surface area contributed by atoms with Crippen molar-refractivity contribution in [2.75, 3.05) is 32.7 Å². The number of amides is 2. The van der Waals surface area contributed by atoms with E-state index in [1.165, 1.54) is 12.1 Å². The summed E-state index contributed by atoms with van der Waals surface area (Å²) in [6, 6.07) is 6.10. The topological polar surface area (TPSA) is 52.7 Å². The second-order valence-electron chi connectivity index (χ2n) is 5.89. The number of piperazine rings is 1. The molecule has 0 aromatic heterocycles. The monoisotopic (exact) mass is 321 g/mol. The molecule has 1 aromatic carbocycles. The first-order valence-electron chi connectivity index (χ1n) is 7.99. The van der Waals surface area contributed by atoms with Crippen LogP contribution < -0.4 is 5.32 Å². The molecule has 6 heteroatoms. The largest absolute Gasteiger partial charge is 0.354 e. The quantitative estimate of drug-likeness (QED) is 0.881. The molecule has 0 spiro atoms. The van der Waals surface area contributed by atoms with Crippen LogP contribution in [0.2, 0.25) is 0 Å². The standard InChI is InChI=1S/C17H24FN3O2/c1-13(20-9-11-21(12-10-20)14(2)22)17(23)19-8-7-15-3-5-16(18)6-4-15/h3-6,13H,7-12H2,1-2H3,(H,19,23)/t13-/m1/s1. The van der Waals surface area contributed by atoms with E-state index in [2.05, 4.69) is 10.2 Å². The third-order valence-corrected chi connectivity index (χ3v) is 4.31. The van der Waals surface area contributed by atoms with E-state index in [9.17, 15) is 14.0 Å². The van der Waals surface area contributed by atoms with Gasteiger partial charge in [-0.15, -0.1) is 0 Å². The lowest BCUT2D eigenvalue weighted by atomic mass is 10.1. The maximum atomic E-state index is 12.8. The van der Waals surface area contributed by atoms with Crippen LogP contribution in [-0.4, -0.2) is 60.4 Å². The number of hydrogen-bond donors (Lipinski definition) is 1. The second kappa shape index (κ2) is 8.06. The van der Waals surface area contributed by atoms with Gasteiger partial charge in [-0.2, -0.15) is 0 Å². The first-order chi connectivity index (χ1) is 11.0. The van der Waals surface area contributed by atoms with E-state index in [4.69, 9.17) is 0 Å². The fraction of sp³-hybridized carbons (Fsp3) is 0.529. The van der Waals surface area contributed by atoms with Crippen LogP contribution in [0, 0.1) is 5.82 Å². The lowest BCUT2D eigenvalue weighted by molar-refractivity contribution is -0.132. The van der Waals surface area contributed by atoms with Crippen molar-refractivity contribution in [2.45, 2.75) is 26.3 Å². The molecular weight excluding hydrogens is 297 g/mol. The van der Waals surface area contributed by atoms with Gasteiger partial charge in [0.2, 0.25) is 11.8 Å². The third kappa shape index (κ3) is 5.03. The van der Waals surface area contributed by atoms with Gasteiger partial charge in [-0.05, 0) is 31.0 Å². The predicted molar refractivity (Wildman–Crippen MR) is 86.4 cm³/mol. The molecule has 0 bridgehead atoms. The maximum Gasteiger partial charge on any atom is 0.237 e. The second-order valence-corrected chi connectivity index (χ2v) is 5.89. The molecule has 1 atom stereocenters. The Morgan fingerprint density at radius 2 is 1.78 bits per heavy atom. The normalized spacial score (nSPS) is 16.9. The van der Waals surface area contributed by atoms with Crippen LogP contribution in [-0.2, 0) is 16.0 Å². The van der Waals surface area contributed by atoms with E-state index in [1.807, 2.05) is 6.92 Å². The molecular formula is C17H24FN3O2.